The lowest BCUT2D eigenvalue weighted by Gasteiger charge is -2.22. The molecule has 5 nitrogen and oxygen atoms in total. The van der Waals surface area contributed by atoms with Gasteiger partial charge >= 0.3 is 0 Å². The van der Waals surface area contributed by atoms with Gasteiger partial charge in [-0.3, -0.25) is 4.99 Å². The molecule has 0 atom stereocenters. The fourth-order valence-corrected chi connectivity index (χ4v) is 3.14. The SMILES string of the molecule is CN=C(NCCCOC1CCCCC1)NCc1ccc(C)c(OC)c1.I. The summed E-state index contributed by atoms with van der Waals surface area (Å²) < 4.78 is 11.3. The number of aryl methyl sites for hydroxylation is 1. The van der Waals surface area contributed by atoms with Crippen LogP contribution in [0.3, 0.4) is 0 Å². The lowest BCUT2D eigenvalue weighted by Crippen LogP contribution is -2.37. The van der Waals surface area contributed by atoms with E-state index in [-0.39, 0.29) is 24.0 Å². The van der Waals surface area contributed by atoms with Crippen molar-refractivity contribution < 1.29 is 9.47 Å². The lowest BCUT2D eigenvalue weighted by atomic mass is 9.98. The molecule has 1 fully saturated rings. The first kappa shape index (κ1) is 23.0. The molecule has 0 radical (unpaired) electrons. The first-order valence-corrected chi connectivity index (χ1v) is 9.42. The van der Waals surface area contributed by atoms with Gasteiger partial charge in [0, 0.05) is 26.7 Å². The van der Waals surface area contributed by atoms with Crippen LogP contribution in [-0.4, -0.2) is 39.4 Å². The van der Waals surface area contributed by atoms with E-state index in [9.17, 15) is 0 Å². The molecule has 2 rings (SSSR count). The summed E-state index contributed by atoms with van der Waals surface area (Å²) in [6.45, 7) is 4.45. The number of benzene rings is 1. The fourth-order valence-electron chi connectivity index (χ4n) is 3.14. The van der Waals surface area contributed by atoms with Crippen LogP contribution >= 0.6 is 24.0 Å². The van der Waals surface area contributed by atoms with E-state index >= 15 is 0 Å². The molecule has 0 amide bonds. The van der Waals surface area contributed by atoms with Gasteiger partial charge in [0.25, 0.3) is 0 Å². The van der Waals surface area contributed by atoms with Gasteiger partial charge in [0.2, 0.25) is 0 Å². The molecule has 0 unspecified atom stereocenters. The molecule has 1 saturated carbocycles. The third kappa shape index (κ3) is 8.12. The van der Waals surface area contributed by atoms with Crippen molar-refractivity contribution >= 4 is 29.9 Å². The highest BCUT2D eigenvalue weighted by molar-refractivity contribution is 14.0. The number of hydrogen-bond acceptors (Lipinski definition) is 3. The Labute approximate surface area is 175 Å². The van der Waals surface area contributed by atoms with E-state index in [4.69, 9.17) is 9.47 Å². The number of nitrogens with zero attached hydrogens (tertiary/aromatic N) is 1. The molecule has 6 heteroatoms. The number of aliphatic imine (C=N–C) groups is 1. The van der Waals surface area contributed by atoms with Gasteiger partial charge in [-0.25, -0.2) is 0 Å². The van der Waals surface area contributed by atoms with Crippen LogP contribution in [0.4, 0.5) is 0 Å². The van der Waals surface area contributed by atoms with Crippen LogP contribution in [0.25, 0.3) is 0 Å². The highest BCUT2D eigenvalue weighted by atomic mass is 127. The Morgan fingerprint density at radius 1 is 1.19 bits per heavy atom. The summed E-state index contributed by atoms with van der Waals surface area (Å²) in [7, 11) is 3.50. The quantitative estimate of drug-likeness (QED) is 0.258. The molecule has 148 valence electrons. The molecule has 0 bridgehead atoms. The van der Waals surface area contributed by atoms with Gasteiger partial charge in [0.05, 0.1) is 13.2 Å². The molecule has 26 heavy (non-hydrogen) atoms. The van der Waals surface area contributed by atoms with Crippen molar-refractivity contribution in [2.24, 2.45) is 4.99 Å². The van der Waals surface area contributed by atoms with Gasteiger partial charge in [-0.2, -0.15) is 0 Å². The Kier molecular flexibility index (Phi) is 11.7. The first-order chi connectivity index (χ1) is 12.2. The molecule has 0 aliphatic heterocycles. The van der Waals surface area contributed by atoms with E-state index in [1.807, 2.05) is 6.92 Å². The van der Waals surface area contributed by atoms with Gasteiger partial charge in [0.15, 0.2) is 5.96 Å². The number of guanidine groups is 1. The maximum Gasteiger partial charge on any atom is 0.191 e. The normalized spacial score (nSPS) is 15.3. The second kappa shape index (κ2) is 13.2. The standard InChI is InChI=1S/C20H33N3O2.HI/c1-16-10-11-17(14-19(16)24-3)15-23-20(21-2)22-12-7-13-25-18-8-5-4-6-9-18;/h10-11,14,18H,4-9,12-13,15H2,1-3H3,(H2,21,22,23);1H. The van der Waals surface area contributed by atoms with Crippen molar-refractivity contribution in [3.05, 3.63) is 29.3 Å². The summed E-state index contributed by atoms with van der Waals surface area (Å²) in [6, 6.07) is 6.25. The summed E-state index contributed by atoms with van der Waals surface area (Å²) in [5.41, 5.74) is 2.32. The highest BCUT2D eigenvalue weighted by Gasteiger charge is 2.12. The molecular weight excluding hydrogens is 441 g/mol. The molecule has 1 aliphatic rings. The average Bonchev–Trinajstić information content (AvgIpc) is 2.66. The van der Waals surface area contributed by atoms with Gasteiger partial charge in [-0.1, -0.05) is 31.4 Å². The average molecular weight is 475 g/mol. The molecular formula is C20H34IN3O2. The topological polar surface area (TPSA) is 54.9 Å². The number of ether oxygens (including phenoxy) is 2. The van der Waals surface area contributed by atoms with E-state index in [0.717, 1.165) is 43.4 Å². The summed E-state index contributed by atoms with van der Waals surface area (Å²) in [5, 5.41) is 6.68. The zero-order valence-corrected chi connectivity index (χ0v) is 18.7. The van der Waals surface area contributed by atoms with Crippen LogP contribution < -0.4 is 15.4 Å². The minimum absolute atomic E-state index is 0. The van der Waals surface area contributed by atoms with Gasteiger partial charge in [-0.05, 0) is 43.4 Å². The molecule has 0 heterocycles. The number of methoxy groups -OCH3 is 1. The molecule has 0 aromatic heterocycles. The van der Waals surface area contributed by atoms with Crippen LogP contribution in [0.5, 0.6) is 5.75 Å². The van der Waals surface area contributed by atoms with Gasteiger partial charge in [0.1, 0.15) is 5.75 Å². The Morgan fingerprint density at radius 2 is 1.96 bits per heavy atom. The van der Waals surface area contributed by atoms with Crippen molar-refractivity contribution in [3.8, 4) is 5.75 Å². The first-order valence-electron chi connectivity index (χ1n) is 9.42. The minimum atomic E-state index is 0. The van der Waals surface area contributed by atoms with Crippen molar-refractivity contribution in [2.45, 2.75) is 58.1 Å². The summed E-state index contributed by atoms with van der Waals surface area (Å²) in [4.78, 5) is 4.27. The number of nitrogens with one attached hydrogen (secondary N) is 2. The maximum atomic E-state index is 5.95. The van der Waals surface area contributed by atoms with Crippen molar-refractivity contribution in [1.29, 1.82) is 0 Å². The Bertz CT molecular complexity index is 546. The highest BCUT2D eigenvalue weighted by Crippen LogP contribution is 2.20. The predicted molar refractivity (Wildman–Crippen MR) is 119 cm³/mol. The summed E-state index contributed by atoms with van der Waals surface area (Å²) >= 11 is 0. The van der Waals surface area contributed by atoms with Gasteiger partial charge in [-0.15, -0.1) is 24.0 Å². The minimum Gasteiger partial charge on any atom is -0.496 e. The Morgan fingerprint density at radius 3 is 2.65 bits per heavy atom. The lowest BCUT2D eigenvalue weighted by molar-refractivity contribution is 0.0277. The Hall–Kier alpha value is -1.02. The van der Waals surface area contributed by atoms with Crippen LogP contribution in [0.1, 0.15) is 49.7 Å². The largest absolute Gasteiger partial charge is 0.496 e. The third-order valence-electron chi connectivity index (χ3n) is 4.68. The molecule has 1 aromatic rings. The second-order valence-electron chi connectivity index (χ2n) is 6.64. The monoisotopic (exact) mass is 475 g/mol. The zero-order chi connectivity index (χ0) is 17.9. The number of rotatable bonds is 8. The van der Waals surface area contributed by atoms with Crippen molar-refractivity contribution in [2.75, 3.05) is 27.3 Å². The number of halogens is 1. The van der Waals surface area contributed by atoms with E-state index in [1.165, 1.54) is 37.7 Å². The molecule has 1 aliphatic carbocycles. The van der Waals surface area contributed by atoms with Crippen LogP contribution in [0, 0.1) is 6.92 Å². The molecule has 2 N–H and O–H groups in total. The molecule has 0 saturated heterocycles. The van der Waals surface area contributed by atoms with Gasteiger partial charge < -0.3 is 20.1 Å². The molecule has 0 spiro atoms. The fraction of sp³-hybridized carbons (Fsp3) is 0.650. The Balaban J connectivity index is 0.00000338. The zero-order valence-electron chi connectivity index (χ0n) is 16.3. The smallest absolute Gasteiger partial charge is 0.191 e. The van der Waals surface area contributed by atoms with E-state index in [1.54, 1.807) is 14.2 Å². The second-order valence-corrected chi connectivity index (χ2v) is 6.64. The van der Waals surface area contributed by atoms with E-state index in [0.29, 0.717) is 6.10 Å². The van der Waals surface area contributed by atoms with Crippen molar-refractivity contribution in [3.63, 3.8) is 0 Å². The predicted octanol–water partition coefficient (Wildman–Crippen LogP) is 4.03. The summed E-state index contributed by atoms with van der Waals surface area (Å²) in [5.74, 6) is 1.74. The van der Waals surface area contributed by atoms with Crippen LogP contribution in [0.2, 0.25) is 0 Å². The maximum absolute atomic E-state index is 5.95. The molecule has 1 aromatic carbocycles. The van der Waals surface area contributed by atoms with Crippen LogP contribution in [0.15, 0.2) is 23.2 Å². The van der Waals surface area contributed by atoms with E-state index in [2.05, 4.69) is 33.8 Å². The summed E-state index contributed by atoms with van der Waals surface area (Å²) in [6.07, 6.45) is 7.97. The van der Waals surface area contributed by atoms with Crippen LogP contribution in [-0.2, 0) is 11.3 Å². The van der Waals surface area contributed by atoms with Crippen molar-refractivity contribution in [1.82, 2.24) is 10.6 Å². The van der Waals surface area contributed by atoms with E-state index < -0.39 is 0 Å². The number of hydrogen-bond donors (Lipinski definition) is 2. The third-order valence-corrected chi connectivity index (χ3v) is 4.68.